The Hall–Kier alpha value is -0.960. The number of allylic oxidation sites excluding steroid dienone is 1. The highest BCUT2D eigenvalue weighted by molar-refractivity contribution is 6.19. The molecule has 1 aliphatic carbocycles. The van der Waals surface area contributed by atoms with Gasteiger partial charge in [-0.15, -0.1) is 11.6 Å². The third kappa shape index (κ3) is 3.14. The van der Waals surface area contributed by atoms with Crippen LogP contribution in [0.1, 0.15) is 43.4 Å². The number of halogens is 1. The topological polar surface area (TPSA) is 27.1 Å². The Morgan fingerprint density at radius 3 is 2.68 bits per heavy atom. The lowest BCUT2D eigenvalue weighted by atomic mass is 9.83. The Balaban J connectivity index is 2.31. The highest BCUT2D eigenvalue weighted by Crippen LogP contribution is 2.33. The fourth-order valence-electron chi connectivity index (χ4n) is 2.99. The summed E-state index contributed by atoms with van der Waals surface area (Å²) in [5.74, 6) is 2.05. The first-order chi connectivity index (χ1) is 9.17. The molecule has 1 saturated carbocycles. The van der Waals surface area contributed by atoms with Crippen LogP contribution in [0.15, 0.2) is 5.57 Å². The van der Waals surface area contributed by atoms with Crippen LogP contribution < -0.4 is 4.74 Å². The molecule has 0 aliphatic heterocycles. The van der Waals surface area contributed by atoms with E-state index in [1.807, 2.05) is 14.0 Å². The predicted molar refractivity (Wildman–Crippen MR) is 79.8 cm³/mol. The van der Waals surface area contributed by atoms with Gasteiger partial charge in [0.15, 0.2) is 0 Å². The molecule has 0 aromatic carbocycles. The quantitative estimate of drug-likeness (QED) is 0.782. The third-order valence-electron chi connectivity index (χ3n) is 4.02. The van der Waals surface area contributed by atoms with Gasteiger partial charge in [-0.1, -0.05) is 24.8 Å². The van der Waals surface area contributed by atoms with Crippen LogP contribution in [0.4, 0.5) is 0 Å². The zero-order valence-corrected chi connectivity index (χ0v) is 12.8. The van der Waals surface area contributed by atoms with E-state index in [0.29, 0.717) is 11.8 Å². The average molecular weight is 283 g/mol. The summed E-state index contributed by atoms with van der Waals surface area (Å²) in [6, 6.07) is 0. The summed E-state index contributed by atoms with van der Waals surface area (Å²) in [5, 5.41) is 4.42. The molecule has 106 valence electrons. The average Bonchev–Trinajstić information content (AvgIpc) is 2.70. The molecule has 0 amide bonds. The molecule has 0 unspecified atom stereocenters. The van der Waals surface area contributed by atoms with Gasteiger partial charge in [0.1, 0.15) is 0 Å². The van der Waals surface area contributed by atoms with Crippen molar-refractivity contribution in [1.82, 2.24) is 9.78 Å². The van der Waals surface area contributed by atoms with Crippen LogP contribution in [0.3, 0.4) is 0 Å². The van der Waals surface area contributed by atoms with Crippen LogP contribution in [0.25, 0.3) is 6.08 Å². The van der Waals surface area contributed by atoms with E-state index >= 15 is 0 Å². The molecule has 1 aliphatic rings. The molecule has 0 bridgehead atoms. The van der Waals surface area contributed by atoms with E-state index in [0.717, 1.165) is 17.1 Å². The maximum Gasteiger partial charge on any atom is 0.218 e. The third-order valence-corrected chi connectivity index (χ3v) is 4.33. The molecule has 1 fully saturated rings. The molecule has 1 aromatic heterocycles. The minimum absolute atomic E-state index is 0.599. The Morgan fingerprint density at radius 2 is 2.11 bits per heavy atom. The van der Waals surface area contributed by atoms with E-state index in [2.05, 4.69) is 11.2 Å². The second-order valence-corrected chi connectivity index (χ2v) is 5.59. The molecule has 0 radical (unpaired) electrons. The van der Waals surface area contributed by atoms with Crippen molar-refractivity contribution in [1.29, 1.82) is 0 Å². The fourth-order valence-corrected chi connectivity index (χ4v) is 3.28. The van der Waals surface area contributed by atoms with E-state index in [1.54, 1.807) is 11.8 Å². The summed E-state index contributed by atoms with van der Waals surface area (Å²) < 4.78 is 7.23. The Kier molecular flexibility index (Phi) is 4.92. The van der Waals surface area contributed by atoms with Gasteiger partial charge >= 0.3 is 0 Å². The summed E-state index contributed by atoms with van der Waals surface area (Å²) in [6.07, 6.45) is 8.73. The van der Waals surface area contributed by atoms with Crippen LogP contribution in [0.5, 0.6) is 5.88 Å². The second-order valence-electron chi connectivity index (χ2n) is 5.32. The molecule has 1 heterocycles. The van der Waals surface area contributed by atoms with Crippen molar-refractivity contribution in [2.45, 2.75) is 39.0 Å². The zero-order chi connectivity index (χ0) is 13.8. The summed E-state index contributed by atoms with van der Waals surface area (Å²) in [4.78, 5) is 0. The highest BCUT2D eigenvalue weighted by Gasteiger charge is 2.19. The summed E-state index contributed by atoms with van der Waals surface area (Å²) in [7, 11) is 3.60. The number of hydrogen-bond acceptors (Lipinski definition) is 2. The summed E-state index contributed by atoms with van der Waals surface area (Å²) in [5.41, 5.74) is 3.40. The van der Waals surface area contributed by atoms with Crippen LogP contribution in [-0.2, 0) is 7.05 Å². The van der Waals surface area contributed by atoms with Crippen LogP contribution in [0, 0.1) is 12.8 Å². The lowest BCUT2D eigenvalue weighted by Gasteiger charge is -2.23. The maximum absolute atomic E-state index is 6.17. The second kappa shape index (κ2) is 6.47. The molecule has 3 nitrogen and oxygen atoms in total. The van der Waals surface area contributed by atoms with E-state index < -0.39 is 0 Å². The Morgan fingerprint density at radius 1 is 1.42 bits per heavy atom. The van der Waals surface area contributed by atoms with Gasteiger partial charge in [-0.3, -0.25) is 0 Å². The number of aryl methyl sites for hydroxylation is 2. The molecule has 0 spiro atoms. The van der Waals surface area contributed by atoms with Gasteiger partial charge in [-0.05, 0) is 31.8 Å². The number of methoxy groups -OCH3 is 1. The van der Waals surface area contributed by atoms with Gasteiger partial charge in [0.2, 0.25) is 5.88 Å². The fraction of sp³-hybridized carbons (Fsp3) is 0.667. The monoisotopic (exact) mass is 282 g/mol. The summed E-state index contributed by atoms with van der Waals surface area (Å²) in [6.45, 7) is 2.01. The van der Waals surface area contributed by atoms with Crippen molar-refractivity contribution in [3.8, 4) is 5.88 Å². The summed E-state index contributed by atoms with van der Waals surface area (Å²) >= 11 is 6.17. The largest absolute Gasteiger partial charge is 0.481 e. The number of hydrogen-bond donors (Lipinski definition) is 0. The maximum atomic E-state index is 6.17. The SMILES string of the molecule is COc1c(/C=C(/CCl)C2CCCCC2)c(C)nn1C. The molecular weight excluding hydrogens is 260 g/mol. The number of alkyl halides is 1. The first-order valence-electron chi connectivity index (χ1n) is 7.01. The number of nitrogens with zero attached hydrogens (tertiary/aromatic N) is 2. The predicted octanol–water partition coefficient (Wildman–Crippen LogP) is 3.94. The van der Waals surface area contributed by atoms with Crippen LogP contribution >= 0.6 is 11.6 Å². The van der Waals surface area contributed by atoms with Gasteiger partial charge in [-0.25, -0.2) is 4.68 Å². The Bertz CT molecular complexity index is 459. The van der Waals surface area contributed by atoms with Crippen LogP contribution in [0.2, 0.25) is 0 Å². The normalized spacial score (nSPS) is 17.8. The Labute approximate surface area is 120 Å². The molecule has 4 heteroatoms. The van der Waals surface area contributed by atoms with Crippen molar-refractivity contribution < 1.29 is 4.74 Å². The lowest BCUT2D eigenvalue weighted by molar-refractivity contribution is 0.372. The standard InChI is InChI=1S/C15H23ClN2O/c1-11-14(15(19-3)18(2)17-11)9-13(10-16)12-7-5-4-6-8-12/h9,12H,4-8,10H2,1-3H3/b13-9-. The zero-order valence-electron chi connectivity index (χ0n) is 12.1. The van der Waals surface area contributed by atoms with Crippen molar-refractivity contribution in [2.24, 2.45) is 13.0 Å². The van der Waals surface area contributed by atoms with Crippen molar-refractivity contribution >= 4 is 17.7 Å². The van der Waals surface area contributed by atoms with Crippen molar-refractivity contribution in [3.05, 3.63) is 16.8 Å². The number of ether oxygens (including phenoxy) is 1. The van der Waals surface area contributed by atoms with Gasteiger partial charge < -0.3 is 4.74 Å². The lowest BCUT2D eigenvalue weighted by Crippen LogP contribution is -2.10. The number of rotatable bonds is 4. The van der Waals surface area contributed by atoms with Gasteiger partial charge in [0, 0.05) is 12.9 Å². The molecule has 19 heavy (non-hydrogen) atoms. The van der Waals surface area contributed by atoms with Crippen LogP contribution in [-0.4, -0.2) is 22.8 Å². The van der Waals surface area contributed by atoms with E-state index in [-0.39, 0.29) is 0 Å². The van der Waals surface area contributed by atoms with Crippen molar-refractivity contribution in [2.75, 3.05) is 13.0 Å². The molecular formula is C15H23ClN2O. The van der Waals surface area contributed by atoms with Gasteiger partial charge in [0.05, 0.1) is 18.4 Å². The van der Waals surface area contributed by atoms with E-state index in [1.165, 1.54) is 37.7 Å². The molecule has 2 rings (SSSR count). The molecule has 0 atom stereocenters. The van der Waals surface area contributed by atoms with E-state index in [9.17, 15) is 0 Å². The minimum atomic E-state index is 0.599. The molecule has 0 N–H and O–H groups in total. The van der Waals surface area contributed by atoms with E-state index in [4.69, 9.17) is 16.3 Å². The smallest absolute Gasteiger partial charge is 0.218 e. The minimum Gasteiger partial charge on any atom is -0.481 e. The number of aromatic nitrogens is 2. The molecule has 1 aromatic rings. The molecule has 0 saturated heterocycles. The van der Waals surface area contributed by atoms with Crippen molar-refractivity contribution in [3.63, 3.8) is 0 Å². The highest BCUT2D eigenvalue weighted by atomic mass is 35.5. The van der Waals surface area contributed by atoms with Gasteiger partial charge in [0.25, 0.3) is 0 Å². The van der Waals surface area contributed by atoms with Gasteiger partial charge in [-0.2, -0.15) is 5.10 Å². The first-order valence-corrected chi connectivity index (χ1v) is 7.54. The first kappa shape index (κ1) is 14.4.